The first-order valence-electron chi connectivity index (χ1n) is 7.60. The quantitative estimate of drug-likeness (QED) is 0.698. The molecule has 0 N–H and O–H groups in total. The molecule has 0 aromatic rings. The van der Waals surface area contributed by atoms with Gasteiger partial charge < -0.3 is 0 Å². The third-order valence-electron chi connectivity index (χ3n) is 5.79. The Hall–Kier alpha value is -0.850. The minimum atomic E-state index is 0.257. The van der Waals surface area contributed by atoms with Crippen LogP contribution in [0.2, 0.25) is 0 Å². The smallest absolute Gasteiger partial charge is 0.156 e. The number of fused-ring (bicyclic) bond motifs is 1. The summed E-state index contributed by atoms with van der Waals surface area (Å²) in [5.74, 6) is 2.89. The Morgan fingerprint density at radius 2 is 1.95 bits per heavy atom. The summed E-state index contributed by atoms with van der Waals surface area (Å²) in [5, 5.41) is 0. The molecule has 0 bridgehead atoms. The fourth-order valence-corrected chi connectivity index (χ4v) is 4.48. The second-order valence-corrected chi connectivity index (χ2v) is 7.46. The molecule has 106 valence electrons. The number of hydrogen-bond acceptors (Lipinski definition) is 1. The maximum Gasteiger partial charge on any atom is 0.156 e. The van der Waals surface area contributed by atoms with E-state index in [9.17, 15) is 4.79 Å². The van der Waals surface area contributed by atoms with E-state index in [0.717, 1.165) is 12.0 Å². The summed E-state index contributed by atoms with van der Waals surface area (Å²) in [5.41, 5.74) is 4.11. The van der Waals surface area contributed by atoms with E-state index in [4.69, 9.17) is 0 Å². The molecule has 0 heterocycles. The van der Waals surface area contributed by atoms with Crippen LogP contribution in [-0.4, -0.2) is 5.78 Å². The lowest BCUT2D eigenvalue weighted by atomic mass is 9.75. The van der Waals surface area contributed by atoms with Crippen molar-refractivity contribution in [3.8, 4) is 0 Å². The minimum Gasteiger partial charge on any atom is -0.295 e. The molecule has 3 unspecified atom stereocenters. The van der Waals surface area contributed by atoms with Crippen molar-refractivity contribution in [1.82, 2.24) is 0 Å². The van der Waals surface area contributed by atoms with Crippen molar-refractivity contribution in [2.75, 3.05) is 0 Å². The summed E-state index contributed by atoms with van der Waals surface area (Å²) in [6.45, 7) is 15.6. The lowest BCUT2D eigenvalue weighted by Crippen LogP contribution is -2.24. The van der Waals surface area contributed by atoms with Gasteiger partial charge in [-0.25, -0.2) is 0 Å². The zero-order valence-corrected chi connectivity index (χ0v) is 13.5. The highest BCUT2D eigenvalue weighted by Gasteiger charge is 2.51. The number of rotatable bonds is 2. The molecule has 1 nitrogen and oxygen atoms in total. The van der Waals surface area contributed by atoms with Crippen LogP contribution in [0.25, 0.3) is 0 Å². The minimum absolute atomic E-state index is 0.257. The first kappa shape index (κ1) is 14.6. The number of carbonyl (C=O) groups excluding carboxylic acids is 1. The molecule has 0 radical (unpaired) electrons. The maximum atomic E-state index is 11.8. The molecule has 19 heavy (non-hydrogen) atoms. The average Bonchev–Trinajstić information content (AvgIpc) is 2.47. The van der Waals surface area contributed by atoms with Crippen LogP contribution >= 0.6 is 0 Å². The van der Waals surface area contributed by atoms with Gasteiger partial charge in [0.25, 0.3) is 0 Å². The van der Waals surface area contributed by atoms with Gasteiger partial charge >= 0.3 is 0 Å². The first-order chi connectivity index (χ1) is 8.67. The summed E-state index contributed by atoms with van der Waals surface area (Å²) < 4.78 is 0. The molecule has 0 aliphatic heterocycles. The molecule has 0 spiro atoms. The molecule has 0 amide bonds. The van der Waals surface area contributed by atoms with Crippen molar-refractivity contribution in [3.63, 3.8) is 0 Å². The van der Waals surface area contributed by atoms with Crippen LogP contribution in [0.3, 0.4) is 0 Å². The summed E-state index contributed by atoms with van der Waals surface area (Å²) in [7, 11) is 0. The van der Waals surface area contributed by atoms with E-state index >= 15 is 0 Å². The number of allylic oxidation sites excluding steroid dienone is 4. The second-order valence-electron chi connectivity index (χ2n) is 7.46. The van der Waals surface area contributed by atoms with Crippen LogP contribution in [0.5, 0.6) is 0 Å². The molecule has 2 rings (SSSR count). The van der Waals surface area contributed by atoms with E-state index in [1.807, 2.05) is 0 Å². The van der Waals surface area contributed by atoms with Gasteiger partial charge in [-0.05, 0) is 60.5 Å². The largest absolute Gasteiger partial charge is 0.295 e. The topological polar surface area (TPSA) is 17.1 Å². The van der Waals surface area contributed by atoms with Gasteiger partial charge in [0.05, 0.1) is 0 Å². The predicted molar refractivity (Wildman–Crippen MR) is 80.8 cm³/mol. The number of hydrogen-bond donors (Lipinski definition) is 0. The molecule has 1 saturated carbocycles. The number of carbonyl (C=O) groups is 1. The standard InChI is InChI=1S/C18H28O/c1-10(2)17-12(4)18(6,7)16-8-11(3)14(13(5)19)9-15(16)17/h8,10,12,15,17H,9H2,1-7H3. The normalized spacial score (nSPS) is 33.5. The van der Waals surface area contributed by atoms with Gasteiger partial charge in [0.1, 0.15) is 0 Å². The van der Waals surface area contributed by atoms with Gasteiger partial charge in [-0.1, -0.05) is 46.3 Å². The van der Waals surface area contributed by atoms with E-state index in [0.29, 0.717) is 23.7 Å². The SMILES string of the molecule is CC(=O)C1=C(C)C=C2C(C1)C(C(C)C)C(C)C2(C)C. The van der Waals surface area contributed by atoms with Crippen molar-refractivity contribution < 1.29 is 4.79 Å². The summed E-state index contributed by atoms with van der Waals surface area (Å²) in [6, 6.07) is 0. The van der Waals surface area contributed by atoms with E-state index in [1.165, 1.54) is 5.57 Å². The van der Waals surface area contributed by atoms with Crippen LogP contribution in [0.15, 0.2) is 22.8 Å². The van der Waals surface area contributed by atoms with E-state index in [2.05, 4.69) is 47.6 Å². The highest BCUT2D eigenvalue weighted by Crippen LogP contribution is 2.59. The third-order valence-corrected chi connectivity index (χ3v) is 5.79. The molecule has 2 aliphatic carbocycles. The van der Waals surface area contributed by atoms with Crippen molar-refractivity contribution in [2.24, 2.45) is 29.1 Å². The zero-order valence-electron chi connectivity index (χ0n) is 13.5. The fraction of sp³-hybridized carbons (Fsp3) is 0.722. The summed E-state index contributed by atoms with van der Waals surface area (Å²) in [4.78, 5) is 11.8. The molecule has 3 atom stereocenters. The van der Waals surface area contributed by atoms with Gasteiger partial charge in [-0.2, -0.15) is 0 Å². The van der Waals surface area contributed by atoms with Gasteiger partial charge in [-0.15, -0.1) is 0 Å². The van der Waals surface area contributed by atoms with E-state index in [-0.39, 0.29) is 11.2 Å². The van der Waals surface area contributed by atoms with Crippen molar-refractivity contribution in [1.29, 1.82) is 0 Å². The number of ketones is 1. The Labute approximate surface area is 118 Å². The zero-order chi connectivity index (χ0) is 14.5. The second kappa shape index (κ2) is 4.61. The van der Waals surface area contributed by atoms with Crippen LogP contribution in [-0.2, 0) is 4.79 Å². The van der Waals surface area contributed by atoms with Crippen molar-refractivity contribution in [2.45, 2.75) is 54.9 Å². The lowest BCUT2D eigenvalue weighted by Gasteiger charge is -2.29. The maximum absolute atomic E-state index is 11.8. The molecule has 1 fully saturated rings. The highest BCUT2D eigenvalue weighted by molar-refractivity contribution is 5.95. The van der Waals surface area contributed by atoms with Crippen molar-refractivity contribution >= 4 is 5.78 Å². The molecular weight excluding hydrogens is 232 g/mol. The molecule has 0 aromatic heterocycles. The van der Waals surface area contributed by atoms with Crippen LogP contribution in [0.1, 0.15) is 54.9 Å². The van der Waals surface area contributed by atoms with Gasteiger partial charge in [0.2, 0.25) is 0 Å². The van der Waals surface area contributed by atoms with Crippen LogP contribution in [0.4, 0.5) is 0 Å². The van der Waals surface area contributed by atoms with Gasteiger partial charge in [0.15, 0.2) is 5.78 Å². The Morgan fingerprint density at radius 1 is 1.37 bits per heavy atom. The summed E-state index contributed by atoms with van der Waals surface area (Å²) in [6.07, 6.45) is 3.29. The highest BCUT2D eigenvalue weighted by atomic mass is 16.1. The average molecular weight is 260 g/mol. The van der Waals surface area contributed by atoms with Crippen LogP contribution in [0, 0.1) is 29.1 Å². The monoisotopic (exact) mass is 260 g/mol. The molecule has 0 saturated heterocycles. The predicted octanol–water partition coefficient (Wildman–Crippen LogP) is 4.79. The Morgan fingerprint density at radius 3 is 2.42 bits per heavy atom. The summed E-state index contributed by atoms with van der Waals surface area (Å²) >= 11 is 0. The van der Waals surface area contributed by atoms with E-state index < -0.39 is 0 Å². The molecule has 1 heteroatoms. The third kappa shape index (κ3) is 2.11. The molecular formula is C18H28O. The molecule has 0 aromatic carbocycles. The molecule has 2 aliphatic rings. The first-order valence-corrected chi connectivity index (χ1v) is 7.60. The van der Waals surface area contributed by atoms with Crippen LogP contribution < -0.4 is 0 Å². The van der Waals surface area contributed by atoms with Crippen molar-refractivity contribution in [3.05, 3.63) is 22.8 Å². The Bertz CT molecular complexity index is 462. The van der Waals surface area contributed by atoms with Gasteiger partial charge in [-0.3, -0.25) is 4.79 Å². The van der Waals surface area contributed by atoms with E-state index in [1.54, 1.807) is 12.5 Å². The number of Topliss-reactive ketones (excluding diaryl/α,β-unsaturated/α-hetero) is 1. The Balaban J connectivity index is 2.50. The lowest BCUT2D eigenvalue weighted by molar-refractivity contribution is -0.113. The Kier molecular flexibility index (Phi) is 3.53. The van der Waals surface area contributed by atoms with Gasteiger partial charge in [0, 0.05) is 0 Å². The fourth-order valence-electron chi connectivity index (χ4n) is 4.48.